The van der Waals surface area contributed by atoms with Gasteiger partial charge in [-0.15, -0.1) is 0 Å². The standard InChI is InChI=1S/C20H22N2O2/c23-12-17-14-5-6-15(11-14)20(17)22-19(24)10-9-16-8-7-13-3-1-2-4-18(13)21-16/h1-4,7-10,14-15,17,20,23H,5-6,11-12H2,(H,22,24)/b10-9+. The van der Waals surface area contributed by atoms with Gasteiger partial charge in [-0.25, -0.2) is 4.98 Å². The third kappa shape index (κ3) is 2.82. The van der Waals surface area contributed by atoms with Gasteiger partial charge in [-0.3, -0.25) is 4.79 Å². The lowest BCUT2D eigenvalue weighted by molar-refractivity contribution is -0.117. The first-order chi connectivity index (χ1) is 11.7. The number of carbonyl (C=O) groups excluding carboxylic acids is 1. The number of aromatic nitrogens is 1. The number of benzene rings is 1. The lowest BCUT2D eigenvalue weighted by Gasteiger charge is -2.30. The molecule has 4 rings (SSSR count). The number of para-hydroxylation sites is 1. The van der Waals surface area contributed by atoms with Crippen LogP contribution in [-0.4, -0.2) is 28.6 Å². The first-order valence-electron chi connectivity index (χ1n) is 8.70. The van der Waals surface area contributed by atoms with E-state index in [1.807, 2.05) is 36.4 Å². The van der Waals surface area contributed by atoms with Crippen LogP contribution in [0.3, 0.4) is 0 Å². The molecule has 2 fully saturated rings. The number of aliphatic hydroxyl groups is 1. The molecule has 4 nitrogen and oxygen atoms in total. The van der Waals surface area contributed by atoms with Crippen LogP contribution in [-0.2, 0) is 4.79 Å². The Labute approximate surface area is 141 Å². The molecule has 0 aliphatic heterocycles. The SMILES string of the molecule is O=C(/C=C/c1ccc2ccccc2n1)NC1C2CCC(C2)C1CO. The summed E-state index contributed by atoms with van der Waals surface area (Å²) in [5.74, 6) is 1.24. The zero-order chi connectivity index (χ0) is 16.5. The topological polar surface area (TPSA) is 62.2 Å². The summed E-state index contributed by atoms with van der Waals surface area (Å²) in [4.78, 5) is 16.8. The summed E-state index contributed by atoms with van der Waals surface area (Å²) in [6.45, 7) is 0.169. The number of nitrogens with one attached hydrogen (secondary N) is 1. The average molecular weight is 322 g/mol. The van der Waals surface area contributed by atoms with Crippen LogP contribution in [0.5, 0.6) is 0 Å². The van der Waals surface area contributed by atoms with E-state index in [0.717, 1.165) is 23.0 Å². The van der Waals surface area contributed by atoms with Gasteiger partial charge in [0.1, 0.15) is 0 Å². The van der Waals surface area contributed by atoms with E-state index in [4.69, 9.17) is 0 Å². The Morgan fingerprint density at radius 2 is 2.04 bits per heavy atom. The fourth-order valence-corrected chi connectivity index (χ4v) is 4.45. The Kier molecular flexibility index (Phi) is 4.07. The second kappa shape index (κ2) is 6.36. The first-order valence-corrected chi connectivity index (χ1v) is 8.70. The summed E-state index contributed by atoms with van der Waals surface area (Å²) >= 11 is 0. The maximum atomic E-state index is 12.3. The maximum absolute atomic E-state index is 12.3. The molecule has 2 N–H and O–H groups in total. The third-order valence-corrected chi connectivity index (χ3v) is 5.63. The highest BCUT2D eigenvalue weighted by atomic mass is 16.3. The largest absolute Gasteiger partial charge is 0.396 e. The van der Waals surface area contributed by atoms with E-state index in [-0.39, 0.29) is 24.5 Å². The second-order valence-electron chi connectivity index (χ2n) is 6.98. The van der Waals surface area contributed by atoms with Crippen molar-refractivity contribution in [1.82, 2.24) is 10.3 Å². The smallest absolute Gasteiger partial charge is 0.244 e. The van der Waals surface area contributed by atoms with Gasteiger partial charge in [0.15, 0.2) is 0 Å². The van der Waals surface area contributed by atoms with Gasteiger partial charge in [0.05, 0.1) is 11.2 Å². The first kappa shape index (κ1) is 15.3. The fraction of sp³-hybridized carbons (Fsp3) is 0.400. The number of aliphatic hydroxyl groups excluding tert-OH is 1. The number of hydrogen-bond acceptors (Lipinski definition) is 3. The quantitative estimate of drug-likeness (QED) is 0.851. The van der Waals surface area contributed by atoms with Crippen LogP contribution in [0.4, 0.5) is 0 Å². The Hall–Kier alpha value is -2.20. The van der Waals surface area contributed by atoms with Crippen LogP contribution >= 0.6 is 0 Å². The van der Waals surface area contributed by atoms with Crippen molar-refractivity contribution in [2.75, 3.05) is 6.61 Å². The monoisotopic (exact) mass is 322 g/mol. The van der Waals surface area contributed by atoms with E-state index in [9.17, 15) is 9.90 Å². The van der Waals surface area contributed by atoms with Gasteiger partial charge < -0.3 is 10.4 Å². The summed E-state index contributed by atoms with van der Waals surface area (Å²) in [6.07, 6.45) is 6.81. The molecule has 1 aromatic heterocycles. The Morgan fingerprint density at radius 1 is 1.21 bits per heavy atom. The van der Waals surface area contributed by atoms with Crippen LogP contribution in [0.1, 0.15) is 25.0 Å². The number of pyridine rings is 1. The van der Waals surface area contributed by atoms with Crippen LogP contribution in [0.15, 0.2) is 42.5 Å². The highest BCUT2D eigenvalue weighted by molar-refractivity contribution is 5.92. The number of amides is 1. The van der Waals surface area contributed by atoms with Crippen molar-refractivity contribution in [3.63, 3.8) is 0 Å². The fourth-order valence-electron chi connectivity index (χ4n) is 4.45. The predicted octanol–water partition coefficient (Wildman–Crippen LogP) is 2.77. The van der Waals surface area contributed by atoms with Gasteiger partial charge in [-0.05, 0) is 49.3 Å². The van der Waals surface area contributed by atoms with Crippen LogP contribution in [0, 0.1) is 17.8 Å². The number of fused-ring (bicyclic) bond motifs is 3. The molecule has 1 amide bonds. The van der Waals surface area contributed by atoms with Gasteiger partial charge >= 0.3 is 0 Å². The van der Waals surface area contributed by atoms with Crippen molar-refractivity contribution in [1.29, 1.82) is 0 Å². The van der Waals surface area contributed by atoms with Crippen LogP contribution in [0.25, 0.3) is 17.0 Å². The molecule has 2 saturated carbocycles. The normalized spacial score (nSPS) is 28.7. The molecule has 0 saturated heterocycles. The number of hydrogen-bond donors (Lipinski definition) is 2. The lowest BCUT2D eigenvalue weighted by atomic mass is 9.85. The minimum atomic E-state index is -0.0963. The molecule has 4 heteroatoms. The molecule has 2 aliphatic rings. The molecule has 24 heavy (non-hydrogen) atoms. The predicted molar refractivity (Wildman–Crippen MR) is 94.1 cm³/mol. The molecule has 4 unspecified atom stereocenters. The molecule has 2 bridgehead atoms. The third-order valence-electron chi connectivity index (χ3n) is 5.63. The highest BCUT2D eigenvalue weighted by Crippen LogP contribution is 2.48. The molecular weight excluding hydrogens is 300 g/mol. The zero-order valence-electron chi connectivity index (χ0n) is 13.6. The molecule has 0 spiro atoms. The molecule has 4 atom stereocenters. The summed E-state index contributed by atoms with van der Waals surface area (Å²) in [7, 11) is 0. The molecule has 0 radical (unpaired) electrons. The highest BCUT2D eigenvalue weighted by Gasteiger charge is 2.47. The summed E-state index contributed by atoms with van der Waals surface area (Å²) in [6, 6.07) is 12.0. The van der Waals surface area contributed by atoms with Crippen LogP contribution < -0.4 is 5.32 Å². The molecule has 1 heterocycles. The van der Waals surface area contributed by atoms with E-state index < -0.39 is 0 Å². The minimum Gasteiger partial charge on any atom is -0.396 e. The van der Waals surface area contributed by atoms with E-state index in [2.05, 4.69) is 10.3 Å². The Morgan fingerprint density at radius 3 is 2.92 bits per heavy atom. The molecular formula is C20H22N2O2. The van der Waals surface area contributed by atoms with Gasteiger partial charge in [-0.2, -0.15) is 0 Å². The minimum absolute atomic E-state index is 0.0963. The van der Waals surface area contributed by atoms with Gasteiger partial charge in [0.25, 0.3) is 0 Å². The maximum Gasteiger partial charge on any atom is 0.244 e. The number of carbonyl (C=O) groups is 1. The van der Waals surface area contributed by atoms with E-state index in [1.54, 1.807) is 12.2 Å². The van der Waals surface area contributed by atoms with Crippen molar-refractivity contribution in [3.8, 4) is 0 Å². The van der Waals surface area contributed by atoms with Crippen LogP contribution in [0.2, 0.25) is 0 Å². The Bertz CT molecular complexity index is 786. The molecule has 124 valence electrons. The second-order valence-corrected chi connectivity index (χ2v) is 6.98. The van der Waals surface area contributed by atoms with Gasteiger partial charge in [0.2, 0.25) is 5.91 Å². The summed E-state index contributed by atoms with van der Waals surface area (Å²) < 4.78 is 0. The number of rotatable bonds is 4. The summed E-state index contributed by atoms with van der Waals surface area (Å²) in [5, 5.41) is 13.8. The van der Waals surface area contributed by atoms with Crippen molar-refractivity contribution in [2.24, 2.45) is 17.8 Å². The molecule has 2 aromatic rings. The van der Waals surface area contributed by atoms with Crippen molar-refractivity contribution in [3.05, 3.63) is 48.2 Å². The van der Waals surface area contributed by atoms with E-state index in [1.165, 1.54) is 12.8 Å². The van der Waals surface area contributed by atoms with Crippen molar-refractivity contribution in [2.45, 2.75) is 25.3 Å². The van der Waals surface area contributed by atoms with Gasteiger partial charge in [0, 0.05) is 30.0 Å². The summed E-state index contributed by atoms with van der Waals surface area (Å²) in [5.41, 5.74) is 1.70. The lowest BCUT2D eigenvalue weighted by Crippen LogP contribution is -2.44. The number of nitrogens with zero attached hydrogens (tertiary/aromatic N) is 1. The zero-order valence-corrected chi connectivity index (χ0v) is 13.6. The molecule has 1 aromatic carbocycles. The van der Waals surface area contributed by atoms with Crippen molar-refractivity contribution < 1.29 is 9.90 Å². The van der Waals surface area contributed by atoms with Gasteiger partial charge in [-0.1, -0.05) is 24.3 Å². The van der Waals surface area contributed by atoms with Crippen molar-refractivity contribution >= 4 is 22.9 Å². The molecule has 2 aliphatic carbocycles. The Balaban J connectivity index is 1.44. The average Bonchev–Trinajstić information content (AvgIpc) is 3.21. The van der Waals surface area contributed by atoms with E-state index >= 15 is 0 Å². The van der Waals surface area contributed by atoms with E-state index in [0.29, 0.717) is 11.8 Å².